The highest BCUT2D eigenvalue weighted by Gasteiger charge is 2.18. The van der Waals surface area contributed by atoms with E-state index < -0.39 is 15.8 Å². The molecule has 1 saturated heterocycles. The number of benzene rings is 1. The molecule has 0 radical (unpaired) electrons. The Hall–Kier alpha value is -1.71. The molecule has 0 saturated carbocycles. The van der Waals surface area contributed by atoms with Gasteiger partial charge in [0.25, 0.3) is 0 Å². The molecule has 0 atom stereocenters. The van der Waals surface area contributed by atoms with Gasteiger partial charge in [0.1, 0.15) is 5.82 Å². The molecule has 1 aromatic carbocycles. The SMILES string of the molecule is CS(=O)(=O)N(CCC(=O)NCCN1CCOCC1)c1ccc(F)cc1. The van der Waals surface area contributed by atoms with Gasteiger partial charge in [-0.3, -0.25) is 14.0 Å². The van der Waals surface area contributed by atoms with E-state index in [9.17, 15) is 17.6 Å². The summed E-state index contributed by atoms with van der Waals surface area (Å²) in [7, 11) is -3.56. The summed E-state index contributed by atoms with van der Waals surface area (Å²) in [5.74, 6) is -0.665. The topological polar surface area (TPSA) is 79.0 Å². The van der Waals surface area contributed by atoms with Crippen LogP contribution in [0.5, 0.6) is 0 Å². The lowest BCUT2D eigenvalue weighted by atomic mass is 10.3. The van der Waals surface area contributed by atoms with Gasteiger partial charge in [-0.15, -0.1) is 0 Å². The third kappa shape index (κ3) is 6.60. The van der Waals surface area contributed by atoms with Crippen molar-refractivity contribution in [2.45, 2.75) is 6.42 Å². The monoisotopic (exact) mass is 373 g/mol. The van der Waals surface area contributed by atoms with Crippen LogP contribution >= 0.6 is 0 Å². The Balaban J connectivity index is 1.81. The number of morpholine rings is 1. The maximum atomic E-state index is 13.0. The number of carbonyl (C=O) groups is 1. The van der Waals surface area contributed by atoms with Crippen molar-refractivity contribution in [1.82, 2.24) is 10.2 Å². The first-order valence-corrected chi connectivity index (χ1v) is 10.0. The van der Waals surface area contributed by atoms with Gasteiger partial charge in [-0.25, -0.2) is 12.8 Å². The zero-order valence-electron chi connectivity index (χ0n) is 14.3. The molecule has 7 nitrogen and oxygen atoms in total. The lowest BCUT2D eigenvalue weighted by Gasteiger charge is -2.26. The van der Waals surface area contributed by atoms with Gasteiger partial charge in [0.15, 0.2) is 0 Å². The van der Waals surface area contributed by atoms with E-state index >= 15 is 0 Å². The van der Waals surface area contributed by atoms with Crippen LogP contribution in [0.1, 0.15) is 6.42 Å². The van der Waals surface area contributed by atoms with Gasteiger partial charge < -0.3 is 10.1 Å². The zero-order chi connectivity index (χ0) is 18.3. The molecule has 0 spiro atoms. The normalized spacial score (nSPS) is 15.8. The molecule has 1 heterocycles. The van der Waals surface area contributed by atoms with E-state index in [1.165, 1.54) is 24.3 Å². The lowest BCUT2D eigenvalue weighted by Crippen LogP contribution is -2.42. The summed E-state index contributed by atoms with van der Waals surface area (Å²) >= 11 is 0. The maximum absolute atomic E-state index is 13.0. The average molecular weight is 373 g/mol. The third-order valence-corrected chi connectivity index (χ3v) is 5.10. The van der Waals surface area contributed by atoms with E-state index in [0.717, 1.165) is 30.2 Å². The van der Waals surface area contributed by atoms with Gasteiger partial charge in [-0.1, -0.05) is 0 Å². The summed E-state index contributed by atoms with van der Waals surface area (Å²) in [6, 6.07) is 5.14. The number of ether oxygens (including phenoxy) is 1. The number of nitrogens with one attached hydrogen (secondary N) is 1. The minimum absolute atomic E-state index is 0.00779. The third-order valence-electron chi connectivity index (χ3n) is 3.91. The van der Waals surface area contributed by atoms with Crippen LogP contribution in [0.15, 0.2) is 24.3 Å². The summed E-state index contributed by atoms with van der Waals surface area (Å²) in [4.78, 5) is 14.2. The van der Waals surface area contributed by atoms with Crippen LogP contribution in [0.4, 0.5) is 10.1 Å². The van der Waals surface area contributed by atoms with E-state index in [0.29, 0.717) is 25.4 Å². The number of hydrogen-bond donors (Lipinski definition) is 1. The Morgan fingerprint density at radius 3 is 2.52 bits per heavy atom. The molecule has 0 aromatic heterocycles. The van der Waals surface area contributed by atoms with Crippen LogP contribution in [-0.4, -0.2) is 71.4 Å². The fraction of sp³-hybridized carbons (Fsp3) is 0.562. The van der Waals surface area contributed by atoms with E-state index in [1.807, 2.05) is 0 Å². The molecule has 1 N–H and O–H groups in total. The maximum Gasteiger partial charge on any atom is 0.232 e. The molecule has 9 heteroatoms. The molecule has 0 unspecified atom stereocenters. The van der Waals surface area contributed by atoms with Crippen molar-refractivity contribution >= 4 is 21.6 Å². The molecule has 2 rings (SSSR count). The Bertz CT molecular complexity index is 660. The van der Waals surface area contributed by atoms with E-state index in [4.69, 9.17) is 4.74 Å². The Labute approximate surface area is 147 Å². The fourth-order valence-corrected chi connectivity index (χ4v) is 3.49. The summed E-state index contributed by atoms with van der Waals surface area (Å²) in [5.41, 5.74) is 0.338. The molecule has 1 aliphatic rings. The molecule has 1 amide bonds. The van der Waals surface area contributed by atoms with Crippen molar-refractivity contribution in [2.75, 3.05) is 56.5 Å². The number of hydrogen-bond acceptors (Lipinski definition) is 5. The summed E-state index contributed by atoms with van der Waals surface area (Å²) < 4.78 is 43.2. The quantitative estimate of drug-likeness (QED) is 0.715. The molecular formula is C16H24FN3O4S. The van der Waals surface area contributed by atoms with Crippen molar-refractivity contribution in [3.8, 4) is 0 Å². The average Bonchev–Trinajstić information content (AvgIpc) is 2.56. The number of amides is 1. The first-order valence-electron chi connectivity index (χ1n) is 8.16. The van der Waals surface area contributed by atoms with Crippen molar-refractivity contribution in [3.63, 3.8) is 0 Å². The van der Waals surface area contributed by atoms with Crippen LogP contribution in [0.2, 0.25) is 0 Å². The number of sulfonamides is 1. The van der Waals surface area contributed by atoms with Crippen LogP contribution < -0.4 is 9.62 Å². The number of halogens is 1. The minimum atomic E-state index is -3.56. The Morgan fingerprint density at radius 2 is 1.92 bits per heavy atom. The second kappa shape index (κ2) is 9.12. The fourth-order valence-electron chi connectivity index (χ4n) is 2.56. The van der Waals surface area contributed by atoms with Crippen molar-refractivity contribution in [2.24, 2.45) is 0 Å². The van der Waals surface area contributed by atoms with E-state index in [2.05, 4.69) is 10.2 Å². The Kier molecular flexibility index (Phi) is 7.15. The molecular weight excluding hydrogens is 349 g/mol. The molecule has 1 fully saturated rings. The molecule has 1 aromatic rings. The van der Waals surface area contributed by atoms with Crippen molar-refractivity contribution in [1.29, 1.82) is 0 Å². The van der Waals surface area contributed by atoms with Gasteiger partial charge >= 0.3 is 0 Å². The van der Waals surface area contributed by atoms with Gasteiger partial charge in [0.2, 0.25) is 15.9 Å². The number of nitrogens with zero attached hydrogens (tertiary/aromatic N) is 2. The molecule has 140 valence electrons. The highest BCUT2D eigenvalue weighted by Crippen LogP contribution is 2.18. The first-order chi connectivity index (χ1) is 11.9. The van der Waals surface area contributed by atoms with Crippen molar-refractivity contribution in [3.05, 3.63) is 30.1 Å². The van der Waals surface area contributed by atoms with E-state index in [-0.39, 0.29) is 18.9 Å². The highest BCUT2D eigenvalue weighted by molar-refractivity contribution is 7.92. The Morgan fingerprint density at radius 1 is 1.28 bits per heavy atom. The number of anilines is 1. The zero-order valence-corrected chi connectivity index (χ0v) is 15.1. The first kappa shape index (κ1) is 19.6. The number of rotatable bonds is 8. The van der Waals surface area contributed by atoms with Gasteiger partial charge in [-0.05, 0) is 24.3 Å². The summed E-state index contributed by atoms with van der Waals surface area (Å²) in [6.07, 6.45) is 1.10. The molecule has 25 heavy (non-hydrogen) atoms. The standard InChI is InChI=1S/C16H24FN3O4S/c1-25(22,23)20(15-4-2-14(17)3-5-15)8-6-16(21)18-7-9-19-10-12-24-13-11-19/h2-5H,6-13H2,1H3,(H,18,21). The summed E-state index contributed by atoms with van der Waals surface area (Å²) in [6.45, 7) is 4.36. The molecule has 0 bridgehead atoms. The largest absolute Gasteiger partial charge is 0.379 e. The van der Waals surface area contributed by atoms with Gasteiger partial charge in [0, 0.05) is 39.1 Å². The molecule has 1 aliphatic heterocycles. The van der Waals surface area contributed by atoms with Gasteiger partial charge in [0.05, 0.1) is 25.2 Å². The minimum Gasteiger partial charge on any atom is -0.379 e. The molecule has 0 aliphatic carbocycles. The summed E-state index contributed by atoms with van der Waals surface area (Å²) in [5, 5.41) is 2.79. The second-order valence-electron chi connectivity index (χ2n) is 5.87. The predicted octanol–water partition coefficient (Wildman–Crippen LogP) is 0.430. The smallest absolute Gasteiger partial charge is 0.232 e. The second-order valence-corrected chi connectivity index (χ2v) is 7.77. The number of carbonyl (C=O) groups excluding carboxylic acids is 1. The van der Waals surface area contributed by atoms with Crippen LogP contribution in [0.3, 0.4) is 0 Å². The van der Waals surface area contributed by atoms with Crippen LogP contribution in [0.25, 0.3) is 0 Å². The van der Waals surface area contributed by atoms with E-state index in [1.54, 1.807) is 0 Å². The lowest BCUT2D eigenvalue weighted by molar-refractivity contribution is -0.120. The van der Waals surface area contributed by atoms with Crippen LogP contribution in [0, 0.1) is 5.82 Å². The van der Waals surface area contributed by atoms with Gasteiger partial charge in [-0.2, -0.15) is 0 Å². The van der Waals surface area contributed by atoms with Crippen molar-refractivity contribution < 1.29 is 22.3 Å². The predicted molar refractivity (Wildman–Crippen MR) is 93.5 cm³/mol. The highest BCUT2D eigenvalue weighted by atomic mass is 32.2. The van der Waals surface area contributed by atoms with Crippen LogP contribution in [-0.2, 0) is 19.6 Å².